The second kappa shape index (κ2) is 5.62. The number of hydrogen-bond acceptors (Lipinski definition) is 4. The topological polar surface area (TPSA) is 50.5 Å². The first-order chi connectivity index (χ1) is 8.76. The molecular weight excluding hydrogens is 228 g/mol. The van der Waals surface area contributed by atoms with Gasteiger partial charge in [-0.25, -0.2) is 4.79 Å². The van der Waals surface area contributed by atoms with Gasteiger partial charge in [-0.1, -0.05) is 19.9 Å². The molecule has 0 aliphatic heterocycles. The Hall–Kier alpha value is -1.91. The molecule has 0 aliphatic carbocycles. The van der Waals surface area contributed by atoms with Gasteiger partial charge in [0.15, 0.2) is 0 Å². The van der Waals surface area contributed by atoms with Gasteiger partial charge in [0.2, 0.25) is 5.95 Å². The van der Waals surface area contributed by atoms with Crippen molar-refractivity contribution in [1.29, 1.82) is 0 Å². The Morgan fingerprint density at radius 1 is 1.17 bits per heavy atom. The summed E-state index contributed by atoms with van der Waals surface area (Å²) >= 11 is 0. The first-order valence-electron chi connectivity index (χ1n) is 6.36. The minimum Gasteiger partial charge on any atom is -0.341 e. The van der Waals surface area contributed by atoms with Gasteiger partial charge in [0.05, 0.1) is 0 Å². The molecule has 0 fully saturated rings. The number of anilines is 1. The Labute approximate surface area is 106 Å². The van der Waals surface area contributed by atoms with Crippen LogP contribution >= 0.6 is 0 Å². The highest BCUT2D eigenvalue weighted by Crippen LogP contribution is 2.08. The average Bonchev–Trinajstić information content (AvgIpc) is 2.38. The lowest BCUT2D eigenvalue weighted by molar-refractivity contribution is 0.714. The van der Waals surface area contributed by atoms with Gasteiger partial charge in [-0.3, -0.25) is 4.40 Å². The van der Waals surface area contributed by atoms with Crippen molar-refractivity contribution in [2.75, 3.05) is 18.0 Å². The van der Waals surface area contributed by atoms with E-state index in [0.717, 1.165) is 25.9 Å². The molecule has 0 N–H and O–H groups in total. The molecule has 0 aromatic carbocycles. The Balaban J connectivity index is 2.47. The van der Waals surface area contributed by atoms with Crippen molar-refractivity contribution in [3.63, 3.8) is 0 Å². The Morgan fingerprint density at radius 2 is 1.89 bits per heavy atom. The van der Waals surface area contributed by atoms with E-state index in [4.69, 9.17) is 0 Å². The number of pyridine rings is 1. The molecule has 0 atom stereocenters. The number of hydrogen-bond donors (Lipinski definition) is 0. The third-order valence-electron chi connectivity index (χ3n) is 2.72. The van der Waals surface area contributed by atoms with Crippen LogP contribution in [0.3, 0.4) is 0 Å². The highest BCUT2D eigenvalue weighted by atomic mass is 16.1. The molecule has 96 valence electrons. The maximum absolute atomic E-state index is 11.9. The lowest BCUT2D eigenvalue weighted by Gasteiger charge is -2.20. The first kappa shape index (κ1) is 12.5. The van der Waals surface area contributed by atoms with E-state index in [1.54, 1.807) is 12.3 Å². The lowest BCUT2D eigenvalue weighted by atomic mass is 10.4. The van der Waals surface area contributed by atoms with Crippen molar-refractivity contribution < 1.29 is 0 Å². The SMILES string of the molecule is CCCN(CCC)c1nc(=O)n2ccccc2n1. The molecule has 5 heteroatoms. The van der Waals surface area contributed by atoms with E-state index in [-0.39, 0.29) is 5.69 Å². The predicted molar refractivity (Wildman–Crippen MR) is 72.1 cm³/mol. The molecule has 0 aliphatic rings. The maximum Gasteiger partial charge on any atom is 0.356 e. The van der Waals surface area contributed by atoms with Gasteiger partial charge in [-0.15, -0.1) is 0 Å². The van der Waals surface area contributed by atoms with E-state index in [9.17, 15) is 4.79 Å². The quantitative estimate of drug-likeness (QED) is 0.806. The second-order valence-corrected chi connectivity index (χ2v) is 4.22. The molecule has 0 saturated heterocycles. The van der Waals surface area contributed by atoms with Crippen LogP contribution in [0, 0.1) is 0 Å². The standard InChI is InChI=1S/C13H18N4O/c1-3-8-16(9-4-2)12-14-11-7-5-6-10-17(11)13(18)15-12/h5-7,10H,3-4,8-9H2,1-2H3. The fraction of sp³-hybridized carbons (Fsp3) is 0.462. The van der Waals surface area contributed by atoms with Crippen molar-refractivity contribution in [1.82, 2.24) is 14.4 Å². The summed E-state index contributed by atoms with van der Waals surface area (Å²) in [5, 5.41) is 0. The van der Waals surface area contributed by atoms with Crippen molar-refractivity contribution in [2.24, 2.45) is 0 Å². The molecule has 0 unspecified atom stereocenters. The smallest absolute Gasteiger partial charge is 0.341 e. The van der Waals surface area contributed by atoms with Crippen molar-refractivity contribution in [3.8, 4) is 0 Å². The highest BCUT2D eigenvalue weighted by Gasteiger charge is 2.10. The van der Waals surface area contributed by atoms with Crippen LogP contribution in [0.2, 0.25) is 0 Å². The van der Waals surface area contributed by atoms with E-state index >= 15 is 0 Å². The summed E-state index contributed by atoms with van der Waals surface area (Å²) in [4.78, 5) is 22.5. The van der Waals surface area contributed by atoms with Crippen LogP contribution in [-0.2, 0) is 0 Å². The molecule has 0 bridgehead atoms. The largest absolute Gasteiger partial charge is 0.356 e. The Kier molecular flexibility index (Phi) is 3.92. The second-order valence-electron chi connectivity index (χ2n) is 4.22. The summed E-state index contributed by atoms with van der Waals surface area (Å²) in [6, 6.07) is 5.49. The highest BCUT2D eigenvalue weighted by molar-refractivity contribution is 5.43. The average molecular weight is 246 g/mol. The van der Waals surface area contributed by atoms with Crippen LogP contribution in [0.15, 0.2) is 29.2 Å². The van der Waals surface area contributed by atoms with Gasteiger partial charge in [-0.2, -0.15) is 9.97 Å². The maximum atomic E-state index is 11.9. The summed E-state index contributed by atoms with van der Waals surface area (Å²) < 4.78 is 1.46. The first-order valence-corrected chi connectivity index (χ1v) is 6.36. The summed E-state index contributed by atoms with van der Waals surface area (Å²) in [6.45, 7) is 5.96. The van der Waals surface area contributed by atoms with E-state index in [1.165, 1.54) is 4.40 Å². The van der Waals surface area contributed by atoms with Crippen molar-refractivity contribution >= 4 is 11.6 Å². The Bertz CT molecular complexity index is 572. The van der Waals surface area contributed by atoms with Gasteiger partial charge >= 0.3 is 5.69 Å². The van der Waals surface area contributed by atoms with Crippen molar-refractivity contribution in [3.05, 3.63) is 34.9 Å². The van der Waals surface area contributed by atoms with Gasteiger partial charge in [-0.05, 0) is 25.0 Å². The zero-order valence-electron chi connectivity index (χ0n) is 10.8. The molecule has 0 radical (unpaired) electrons. The predicted octanol–water partition coefficient (Wildman–Crippen LogP) is 1.72. The fourth-order valence-electron chi connectivity index (χ4n) is 1.95. The van der Waals surface area contributed by atoms with Crippen LogP contribution in [0.25, 0.3) is 5.65 Å². The molecular formula is C13H18N4O. The minimum absolute atomic E-state index is 0.271. The summed E-state index contributed by atoms with van der Waals surface area (Å²) in [5.41, 5.74) is 0.373. The number of nitrogens with zero attached hydrogens (tertiary/aromatic N) is 4. The molecule has 0 saturated carbocycles. The van der Waals surface area contributed by atoms with Crippen LogP contribution in [0.1, 0.15) is 26.7 Å². The number of fused-ring (bicyclic) bond motifs is 1. The molecule has 18 heavy (non-hydrogen) atoms. The molecule has 2 heterocycles. The van der Waals surface area contributed by atoms with Crippen LogP contribution in [0.4, 0.5) is 5.95 Å². The minimum atomic E-state index is -0.271. The summed E-state index contributed by atoms with van der Waals surface area (Å²) in [6.07, 6.45) is 3.71. The lowest BCUT2D eigenvalue weighted by Crippen LogP contribution is -2.30. The molecule has 2 aromatic rings. The van der Waals surface area contributed by atoms with E-state index in [1.807, 2.05) is 12.1 Å². The van der Waals surface area contributed by atoms with E-state index in [2.05, 4.69) is 28.7 Å². The monoisotopic (exact) mass is 246 g/mol. The molecule has 2 aromatic heterocycles. The van der Waals surface area contributed by atoms with Crippen LogP contribution in [0.5, 0.6) is 0 Å². The molecule has 2 rings (SSSR count). The summed E-state index contributed by atoms with van der Waals surface area (Å²) in [7, 11) is 0. The molecule has 5 nitrogen and oxygen atoms in total. The molecule has 0 spiro atoms. The van der Waals surface area contributed by atoms with E-state index < -0.39 is 0 Å². The van der Waals surface area contributed by atoms with Gasteiger partial charge in [0, 0.05) is 19.3 Å². The zero-order valence-corrected chi connectivity index (χ0v) is 10.8. The number of aromatic nitrogens is 3. The Morgan fingerprint density at radius 3 is 2.56 bits per heavy atom. The number of rotatable bonds is 5. The van der Waals surface area contributed by atoms with Crippen LogP contribution < -0.4 is 10.6 Å². The van der Waals surface area contributed by atoms with Crippen LogP contribution in [-0.4, -0.2) is 27.5 Å². The van der Waals surface area contributed by atoms with Gasteiger partial charge < -0.3 is 4.90 Å². The van der Waals surface area contributed by atoms with Gasteiger partial charge in [0.1, 0.15) is 5.65 Å². The fourth-order valence-corrected chi connectivity index (χ4v) is 1.95. The third-order valence-corrected chi connectivity index (χ3v) is 2.72. The third kappa shape index (κ3) is 2.50. The molecule has 0 amide bonds. The van der Waals surface area contributed by atoms with Crippen molar-refractivity contribution in [2.45, 2.75) is 26.7 Å². The van der Waals surface area contributed by atoms with E-state index in [0.29, 0.717) is 11.6 Å². The zero-order chi connectivity index (χ0) is 13.0. The normalized spacial score (nSPS) is 10.8. The van der Waals surface area contributed by atoms with Gasteiger partial charge in [0.25, 0.3) is 0 Å². The summed E-state index contributed by atoms with van der Waals surface area (Å²) in [5.74, 6) is 0.537.